The molecule has 27 heavy (non-hydrogen) atoms. The van der Waals surface area contributed by atoms with Crippen molar-refractivity contribution in [2.45, 2.75) is 50.1 Å². The van der Waals surface area contributed by atoms with Crippen molar-refractivity contribution in [3.8, 4) is 0 Å². The first-order chi connectivity index (χ1) is 12.3. The molecule has 0 unspecified atom stereocenters. The SMILES string of the molecule is COC(=O)CCCc1ccc(C(=O)CCC(F)(F)C(F)(F)C(F)(F)F)cc1. The Balaban J connectivity index is 2.64. The molecule has 0 bridgehead atoms. The van der Waals surface area contributed by atoms with Gasteiger partial charge in [-0.25, -0.2) is 0 Å². The fourth-order valence-corrected chi connectivity index (χ4v) is 2.18. The summed E-state index contributed by atoms with van der Waals surface area (Å²) >= 11 is 0. The Morgan fingerprint density at radius 2 is 1.48 bits per heavy atom. The molecule has 0 amide bonds. The number of carbonyl (C=O) groups is 2. The maximum absolute atomic E-state index is 13.2. The third kappa shape index (κ3) is 5.93. The van der Waals surface area contributed by atoms with E-state index in [1.165, 1.54) is 31.4 Å². The lowest BCUT2D eigenvalue weighted by atomic mass is 9.99. The summed E-state index contributed by atoms with van der Waals surface area (Å²) < 4.78 is 92.6. The molecule has 1 aromatic carbocycles. The zero-order valence-electron chi connectivity index (χ0n) is 14.2. The highest BCUT2D eigenvalue weighted by Crippen LogP contribution is 2.48. The summed E-state index contributed by atoms with van der Waals surface area (Å²) in [5, 5.41) is 0. The quantitative estimate of drug-likeness (QED) is 0.333. The van der Waals surface area contributed by atoms with Gasteiger partial charge in [0.25, 0.3) is 0 Å². The molecule has 3 nitrogen and oxygen atoms in total. The van der Waals surface area contributed by atoms with Gasteiger partial charge in [0, 0.05) is 24.8 Å². The number of Topliss-reactive ketones (excluding diaryl/α,β-unsaturated/α-hetero) is 1. The highest BCUT2D eigenvalue weighted by molar-refractivity contribution is 5.96. The predicted octanol–water partition coefficient (Wildman–Crippen LogP) is 4.98. The summed E-state index contributed by atoms with van der Waals surface area (Å²) in [6, 6.07) is 5.48. The van der Waals surface area contributed by atoms with E-state index in [4.69, 9.17) is 0 Å². The summed E-state index contributed by atoms with van der Waals surface area (Å²) in [6.45, 7) is 0. The van der Waals surface area contributed by atoms with Crippen LogP contribution in [0.4, 0.5) is 30.7 Å². The molecule has 0 aromatic heterocycles. The summed E-state index contributed by atoms with van der Waals surface area (Å²) in [5.74, 6) is -13.0. The van der Waals surface area contributed by atoms with Gasteiger partial charge in [0.05, 0.1) is 7.11 Å². The topological polar surface area (TPSA) is 43.4 Å². The number of aryl methyl sites for hydroxylation is 1. The van der Waals surface area contributed by atoms with Gasteiger partial charge in [-0.15, -0.1) is 0 Å². The maximum Gasteiger partial charge on any atom is 0.459 e. The lowest BCUT2D eigenvalue weighted by Gasteiger charge is -2.27. The van der Waals surface area contributed by atoms with Gasteiger partial charge in [0.15, 0.2) is 5.78 Å². The van der Waals surface area contributed by atoms with Crippen LogP contribution in [0.3, 0.4) is 0 Å². The number of hydrogen-bond donors (Lipinski definition) is 0. The second-order valence-electron chi connectivity index (χ2n) is 5.83. The minimum atomic E-state index is -6.41. The number of ketones is 1. The highest BCUT2D eigenvalue weighted by atomic mass is 19.4. The van der Waals surface area contributed by atoms with Crippen molar-refractivity contribution < 1.29 is 45.1 Å². The number of carbonyl (C=O) groups excluding carboxylic acids is 2. The Labute approximate surface area is 150 Å². The van der Waals surface area contributed by atoms with E-state index in [0.717, 1.165) is 5.56 Å². The lowest BCUT2D eigenvalue weighted by molar-refractivity contribution is -0.355. The van der Waals surface area contributed by atoms with Gasteiger partial charge in [-0.05, 0) is 18.4 Å². The normalized spacial score (nSPS) is 12.7. The van der Waals surface area contributed by atoms with Gasteiger partial charge in [0.2, 0.25) is 0 Å². The van der Waals surface area contributed by atoms with Crippen LogP contribution >= 0.6 is 0 Å². The molecule has 0 aliphatic heterocycles. The van der Waals surface area contributed by atoms with E-state index in [2.05, 4.69) is 4.74 Å². The zero-order chi connectivity index (χ0) is 20.9. The summed E-state index contributed by atoms with van der Waals surface area (Å²) in [6.07, 6.45) is -8.39. The zero-order valence-corrected chi connectivity index (χ0v) is 14.2. The summed E-state index contributed by atoms with van der Waals surface area (Å²) in [4.78, 5) is 22.8. The van der Waals surface area contributed by atoms with Crippen molar-refractivity contribution >= 4 is 11.8 Å². The Morgan fingerprint density at radius 3 is 1.96 bits per heavy atom. The molecule has 152 valence electrons. The largest absolute Gasteiger partial charge is 0.469 e. The van der Waals surface area contributed by atoms with Gasteiger partial charge in [0.1, 0.15) is 0 Å². The van der Waals surface area contributed by atoms with Crippen LogP contribution in [-0.4, -0.2) is 36.9 Å². The van der Waals surface area contributed by atoms with Crippen LogP contribution in [0.1, 0.15) is 41.6 Å². The number of halogens is 7. The molecule has 0 radical (unpaired) electrons. The van der Waals surface area contributed by atoms with Gasteiger partial charge >= 0.3 is 24.0 Å². The number of ether oxygens (including phenoxy) is 1. The Morgan fingerprint density at radius 1 is 0.926 bits per heavy atom. The monoisotopic (exact) mass is 402 g/mol. The van der Waals surface area contributed by atoms with Crippen molar-refractivity contribution in [3.63, 3.8) is 0 Å². The van der Waals surface area contributed by atoms with Crippen molar-refractivity contribution in [3.05, 3.63) is 35.4 Å². The third-order valence-corrected chi connectivity index (χ3v) is 3.83. The molecule has 1 aromatic rings. The van der Waals surface area contributed by atoms with Gasteiger partial charge in [-0.3, -0.25) is 9.59 Å². The Bertz CT molecular complexity index is 651. The van der Waals surface area contributed by atoms with E-state index in [1.54, 1.807) is 0 Å². The molecular formula is C17H17F7O3. The molecule has 0 saturated heterocycles. The predicted molar refractivity (Wildman–Crippen MR) is 80.9 cm³/mol. The highest BCUT2D eigenvalue weighted by Gasteiger charge is 2.72. The van der Waals surface area contributed by atoms with E-state index in [-0.39, 0.29) is 12.0 Å². The number of rotatable bonds is 9. The number of methoxy groups -OCH3 is 1. The maximum atomic E-state index is 13.2. The first-order valence-electron chi connectivity index (χ1n) is 7.83. The van der Waals surface area contributed by atoms with Crippen LogP contribution in [0.2, 0.25) is 0 Å². The number of alkyl halides is 7. The average Bonchev–Trinajstić information content (AvgIpc) is 2.59. The molecule has 10 heteroatoms. The first-order valence-corrected chi connectivity index (χ1v) is 7.83. The van der Waals surface area contributed by atoms with E-state index < -0.39 is 42.6 Å². The molecule has 0 N–H and O–H groups in total. The second kappa shape index (κ2) is 8.71. The summed E-state index contributed by atoms with van der Waals surface area (Å²) in [5.41, 5.74) is 0.641. The molecule has 0 spiro atoms. The minimum absolute atomic E-state index is 0.0853. The van der Waals surface area contributed by atoms with Crippen molar-refractivity contribution in [2.75, 3.05) is 7.11 Å². The van der Waals surface area contributed by atoms with Gasteiger partial charge < -0.3 is 4.74 Å². The molecule has 1 rings (SSSR count). The Kier molecular flexibility index (Phi) is 7.39. The number of esters is 1. The second-order valence-corrected chi connectivity index (χ2v) is 5.83. The van der Waals surface area contributed by atoms with Crippen LogP contribution in [0.5, 0.6) is 0 Å². The van der Waals surface area contributed by atoms with E-state index in [0.29, 0.717) is 12.8 Å². The number of benzene rings is 1. The lowest BCUT2D eigenvalue weighted by Crippen LogP contribution is -2.52. The molecule has 0 heterocycles. The smallest absolute Gasteiger partial charge is 0.459 e. The van der Waals surface area contributed by atoms with Crippen LogP contribution in [0, 0.1) is 0 Å². The molecule has 0 aliphatic carbocycles. The standard InChI is InChI=1S/C17H17F7O3/c1-27-14(26)4-2-3-11-5-7-12(8-6-11)13(25)9-10-15(18,19)16(20,21)17(22,23)24/h5-8H,2-4,9-10H2,1H3. The Hall–Kier alpha value is -2.13. The van der Waals surface area contributed by atoms with Crippen LogP contribution < -0.4 is 0 Å². The average molecular weight is 402 g/mol. The van der Waals surface area contributed by atoms with Crippen LogP contribution in [0.25, 0.3) is 0 Å². The first kappa shape index (κ1) is 22.9. The third-order valence-electron chi connectivity index (χ3n) is 3.83. The molecule has 0 atom stereocenters. The van der Waals surface area contributed by atoms with E-state index >= 15 is 0 Å². The molecule has 0 fully saturated rings. The van der Waals surface area contributed by atoms with Crippen LogP contribution in [-0.2, 0) is 16.0 Å². The van der Waals surface area contributed by atoms with E-state index in [1.807, 2.05) is 0 Å². The number of hydrogen-bond acceptors (Lipinski definition) is 3. The summed E-state index contributed by atoms with van der Waals surface area (Å²) in [7, 11) is 1.25. The fourth-order valence-electron chi connectivity index (χ4n) is 2.18. The minimum Gasteiger partial charge on any atom is -0.469 e. The molecule has 0 saturated carbocycles. The molecule has 0 aliphatic rings. The van der Waals surface area contributed by atoms with Gasteiger partial charge in [-0.2, -0.15) is 30.7 Å². The van der Waals surface area contributed by atoms with E-state index in [9.17, 15) is 40.3 Å². The van der Waals surface area contributed by atoms with Crippen LogP contribution in [0.15, 0.2) is 24.3 Å². The van der Waals surface area contributed by atoms with Crippen molar-refractivity contribution in [1.29, 1.82) is 0 Å². The van der Waals surface area contributed by atoms with Crippen molar-refractivity contribution in [2.24, 2.45) is 0 Å². The fraction of sp³-hybridized carbons (Fsp3) is 0.529. The molecular weight excluding hydrogens is 385 g/mol. The van der Waals surface area contributed by atoms with Gasteiger partial charge in [-0.1, -0.05) is 24.3 Å². The van der Waals surface area contributed by atoms with Crippen molar-refractivity contribution in [1.82, 2.24) is 0 Å².